The number of hydrogen-bond acceptors (Lipinski definition) is 6. The molecule has 3 N–H and O–H groups in total. The van der Waals surface area contributed by atoms with E-state index in [-0.39, 0.29) is 18.5 Å². The molecule has 0 aliphatic heterocycles. The van der Waals surface area contributed by atoms with E-state index < -0.39 is 0 Å². The first kappa shape index (κ1) is 16.8. The molecule has 7 heteroatoms. The number of pyridine rings is 1. The molecule has 0 amide bonds. The van der Waals surface area contributed by atoms with Crippen molar-refractivity contribution in [1.29, 1.82) is 0 Å². The molecule has 0 bridgehead atoms. The van der Waals surface area contributed by atoms with Crippen molar-refractivity contribution in [2.24, 2.45) is 0 Å². The number of aromatic nitrogens is 3. The fourth-order valence-corrected chi connectivity index (χ4v) is 2.20. The smallest absolute Gasteiger partial charge is 0.225 e. The molecule has 3 aromatic rings. The topological polar surface area (TPSA) is 83.0 Å². The van der Waals surface area contributed by atoms with Gasteiger partial charge in [0.1, 0.15) is 11.6 Å². The van der Waals surface area contributed by atoms with E-state index in [1.165, 1.54) is 12.1 Å². The molecule has 1 aromatic carbocycles. The predicted molar refractivity (Wildman–Crippen MR) is 95.1 cm³/mol. The molecule has 0 saturated heterocycles. The number of nitrogens with zero attached hydrogens (tertiary/aromatic N) is 3. The minimum absolute atomic E-state index is 0.0518. The summed E-state index contributed by atoms with van der Waals surface area (Å²) < 4.78 is 13.4. The monoisotopic (exact) mass is 339 g/mol. The lowest BCUT2D eigenvalue weighted by atomic mass is 10.2. The van der Waals surface area contributed by atoms with E-state index in [1.807, 2.05) is 25.1 Å². The van der Waals surface area contributed by atoms with Crippen molar-refractivity contribution in [1.82, 2.24) is 15.0 Å². The largest absolute Gasteiger partial charge is 0.394 e. The van der Waals surface area contributed by atoms with Crippen LogP contribution in [0.25, 0.3) is 11.4 Å². The molecule has 128 valence electrons. The lowest BCUT2D eigenvalue weighted by molar-refractivity contribution is 0.281. The van der Waals surface area contributed by atoms with Gasteiger partial charge in [-0.15, -0.1) is 0 Å². The molecule has 0 fully saturated rings. The second kappa shape index (κ2) is 7.67. The summed E-state index contributed by atoms with van der Waals surface area (Å²) in [5.41, 5.74) is 1.88. The molecule has 0 saturated carbocycles. The van der Waals surface area contributed by atoms with Gasteiger partial charge in [0.2, 0.25) is 5.95 Å². The summed E-state index contributed by atoms with van der Waals surface area (Å²) in [4.78, 5) is 13.1. The van der Waals surface area contributed by atoms with Crippen LogP contribution in [0, 0.1) is 5.82 Å². The number of aliphatic hydroxyl groups excluding tert-OH is 1. The molecule has 25 heavy (non-hydrogen) atoms. The number of aliphatic hydroxyl groups is 1. The lowest BCUT2D eigenvalue weighted by Gasteiger charge is -2.14. The Morgan fingerprint density at radius 3 is 2.68 bits per heavy atom. The first-order chi connectivity index (χ1) is 12.1. The Balaban J connectivity index is 1.97. The van der Waals surface area contributed by atoms with Gasteiger partial charge in [-0.3, -0.25) is 4.98 Å². The van der Waals surface area contributed by atoms with Crippen LogP contribution < -0.4 is 10.6 Å². The molecule has 6 nitrogen and oxygen atoms in total. The highest BCUT2D eigenvalue weighted by molar-refractivity contribution is 5.65. The number of hydrogen-bond donors (Lipinski definition) is 3. The number of nitrogens with one attached hydrogen (secondary N) is 2. The van der Waals surface area contributed by atoms with Crippen molar-refractivity contribution < 1.29 is 9.50 Å². The molecule has 0 radical (unpaired) electrons. The maximum Gasteiger partial charge on any atom is 0.225 e. The van der Waals surface area contributed by atoms with Crippen molar-refractivity contribution in [2.75, 3.05) is 17.2 Å². The van der Waals surface area contributed by atoms with Crippen molar-refractivity contribution in [2.45, 2.75) is 13.0 Å². The van der Waals surface area contributed by atoms with Crippen LogP contribution in [0.2, 0.25) is 0 Å². The maximum atomic E-state index is 13.4. The quantitative estimate of drug-likeness (QED) is 0.640. The first-order valence-corrected chi connectivity index (χ1v) is 7.84. The summed E-state index contributed by atoms with van der Waals surface area (Å²) in [6, 6.07) is 13.2. The molecule has 0 spiro atoms. The van der Waals surface area contributed by atoms with Crippen molar-refractivity contribution >= 4 is 17.5 Å². The standard InChI is InChI=1S/C18H18FN5O/c1-12(11-25)21-18-23-16(15-7-2-3-8-20-15)10-17(24-18)22-14-6-4-5-13(19)9-14/h2-10,12,25H,11H2,1H3,(H2,21,22,23,24)/t12-/m1/s1. The van der Waals surface area contributed by atoms with Crippen LogP contribution in [0.3, 0.4) is 0 Å². The molecular formula is C18H18FN5O. The lowest BCUT2D eigenvalue weighted by Crippen LogP contribution is -2.21. The van der Waals surface area contributed by atoms with E-state index in [9.17, 15) is 9.50 Å². The van der Waals surface area contributed by atoms with Crippen LogP contribution in [-0.4, -0.2) is 32.7 Å². The third kappa shape index (κ3) is 4.48. The van der Waals surface area contributed by atoms with Crippen LogP contribution in [-0.2, 0) is 0 Å². The highest BCUT2D eigenvalue weighted by Crippen LogP contribution is 2.22. The van der Waals surface area contributed by atoms with E-state index in [4.69, 9.17) is 0 Å². The SMILES string of the molecule is C[C@H](CO)Nc1nc(Nc2cccc(F)c2)cc(-c2ccccn2)n1. The van der Waals surface area contributed by atoms with Crippen LogP contribution in [0.5, 0.6) is 0 Å². The number of benzene rings is 1. The number of anilines is 3. The Morgan fingerprint density at radius 1 is 1.08 bits per heavy atom. The molecule has 2 heterocycles. The van der Waals surface area contributed by atoms with Gasteiger partial charge in [0.05, 0.1) is 18.0 Å². The third-order valence-corrected chi connectivity index (χ3v) is 3.40. The van der Waals surface area contributed by atoms with Crippen LogP contribution in [0.1, 0.15) is 6.92 Å². The average Bonchev–Trinajstić information content (AvgIpc) is 2.62. The zero-order valence-corrected chi connectivity index (χ0v) is 13.6. The van der Waals surface area contributed by atoms with E-state index >= 15 is 0 Å². The Kier molecular flexibility index (Phi) is 5.15. The summed E-state index contributed by atoms with van der Waals surface area (Å²) in [6.07, 6.45) is 1.68. The Labute approximate surface area is 144 Å². The van der Waals surface area contributed by atoms with Crippen molar-refractivity contribution in [3.05, 3.63) is 60.5 Å². The molecule has 1 atom stereocenters. The van der Waals surface area contributed by atoms with Gasteiger partial charge in [0.15, 0.2) is 0 Å². The molecule has 2 aromatic heterocycles. The van der Waals surface area contributed by atoms with E-state index in [2.05, 4.69) is 25.6 Å². The molecular weight excluding hydrogens is 321 g/mol. The summed E-state index contributed by atoms with van der Waals surface area (Å²) in [7, 11) is 0. The van der Waals surface area contributed by atoms with E-state index in [1.54, 1.807) is 24.4 Å². The van der Waals surface area contributed by atoms with Gasteiger partial charge >= 0.3 is 0 Å². The Hall–Kier alpha value is -3.06. The average molecular weight is 339 g/mol. The van der Waals surface area contributed by atoms with Crippen molar-refractivity contribution in [3.63, 3.8) is 0 Å². The van der Waals surface area contributed by atoms with Gasteiger partial charge < -0.3 is 15.7 Å². The first-order valence-electron chi connectivity index (χ1n) is 7.84. The minimum Gasteiger partial charge on any atom is -0.394 e. The molecule has 0 aliphatic rings. The van der Waals surface area contributed by atoms with Crippen molar-refractivity contribution in [3.8, 4) is 11.4 Å². The molecule has 3 rings (SSSR count). The molecule has 0 unspecified atom stereocenters. The van der Waals surface area contributed by atoms with E-state index in [0.717, 1.165) is 0 Å². The second-order valence-corrected chi connectivity index (χ2v) is 5.54. The normalized spacial score (nSPS) is 11.8. The summed E-state index contributed by atoms with van der Waals surface area (Å²) in [5.74, 6) is 0.508. The van der Waals surface area contributed by atoms with Crippen LogP contribution in [0.15, 0.2) is 54.7 Å². The van der Waals surface area contributed by atoms with Gasteiger partial charge in [0.25, 0.3) is 0 Å². The summed E-state index contributed by atoms with van der Waals surface area (Å²) >= 11 is 0. The fourth-order valence-electron chi connectivity index (χ4n) is 2.20. The zero-order chi connectivity index (χ0) is 17.6. The highest BCUT2D eigenvalue weighted by Gasteiger charge is 2.10. The maximum absolute atomic E-state index is 13.4. The van der Waals surface area contributed by atoms with Gasteiger partial charge in [-0.25, -0.2) is 9.37 Å². The predicted octanol–water partition coefficient (Wildman–Crippen LogP) is 3.21. The second-order valence-electron chi connectivity index (χ2n) is 5.54. The van der Waals surface area contributed by atoms with Gasteiger partial charge in [-0.05, 0) is 37.3 Å². The zero-order valence-electron chi connectivity index (χ0n) is 13.6. The van der Waals surface area contributed by atoms with Crippen LogP contribution in [0.4, 0.5) is 21.8 Å². The summed E-state index contributed by atoms with van der Waals surface area (Å²) in [5, 5.41) is 15.3. The van der Waals surface area contributed by atoms with Crippen LogP contribution >= 0.6 is 0 Å². The number of halogens is 1. The van der Waals surface area contributed by atoms with Gasteiger partial charge in [-0.1, -0.05) is 12.1 Å². The third-order valence-electron chi connectivity index (χ3n) is 3.40. The number of rotatable bonds is 6. The van der Waals surface area contributed by atoms with Gasteiger partial charge in [0, 0.05) is 24.0 Å². The Bertz CT molecular complexity index is 844. The fraction of sp³-hybridized carbons (Fsp3) is 0.167. The molecule has 0 aliphatic carbocycles. The van der Waals surface area contributed by atoms with E-state index in [0.29, 0.717) is 28.8 Å². The minimum atomic E-state index is -0.337. The van der Waals surface area contributed by atoms with Gasteiger partial charge in [-0.2, -0.15) is 4.98 Å². The Morgan fingerprint density at radius 2 is 1.96 bits per heavy atom. The highest BCUT2D eigenvalue weighted by atomic mass is 19.1. The summed E-state index contributed by atoms with van der Waals surface area (Å²) in [6.45, 7) is 1.76.